The van der Waals surface area contributed by atoms with Crippen LogP contribution in [-0.2, 0) is 11.2 Å². The quantitative estimate of drug-likeness (QED) is 0.644. The van der Waals surface area contributed by atoms with Gasteiger partial charge in [0.2, 0.25) is 5.88 Å². The molecular formula is C9H7F3INO4. The maximum Gasteiger partial charge on any atom is 0.574 e. The Labute approximate surface area is 113 Å². The number of aromatic nitrogens is 1. The minimum Gasteiger partial charge on any atom is -0.496 e. The normalized spacial score (nSPS) is 11.2. The molecule has 0 saturated carbocycles. The molecule has 0 aliphatic heterocycles. The van der Waals surface area contributed by atoms with E-state index < -0.39 is 24.6 Å². The van der Waals surface area contributed by atoms with Gasteiger partial charge < -0.3 is 14.6 Å². The van der Waals surface area contributed by atoms with Crippen molar-refractivity contribution in [3.63, 3.8) is 0 Å². The van der Waals surface area contributed by atoms with Gasteiger partial charge in [0.25, 0.3) is 0 Å². The fourth-order valence-electron chi connectivity index (χ4n) is 1.19. The number of rotatable bonds is 4. The largest absolute Gasteiger partial charge is 0.574 e. The first-order valence-electron chi connectivity index (χ1n) is 4.44. The van der Waals surface area contributed by atoms with Crippen molar-refractivity contribution >= 4 is 28.6 Å². The summed E-state index contributed by atoms with van der Waals surface area (Å²) in [6.07, 6.45) is -5.63. The van der Waals surface area contributed by atoms with E-state index >= 15 is 0 Å². The van der Waals surface area contributed by atoms with Crippen molar-refractivity contribution < 1.29 is 32.5 Å². The summed E-state index contributed by atoms with van der Waals surface area (Å²) < 4.78 is 45.2. The van der Waals surface area contributed by atoms with Crippen LogP contribution >= 0.6 is 22.6 Å². The second-order valence-corrected chi connectivity index (χ2v) is 4.15. The molecule has 1 rings (SSSR count). The SMILES string of the molecule is COc1cc(I)nc(OC(F)(F)F)c1CC(=O)O. The maximum atomic E-state index is 12.2. The molecule has 1 N–H and O–H groups in total. The number of aliphatic carboxylic acids is 1. The Kier molecular flexibility index (Phi) is 4.59. The van der Waals surface area contributed by atoms with Gasteiger partial charge in [0.15, 0.2) is 0 Å². The molecule has 1 heterocycles. The second-order valence-electron chi connectivity index (χ2n) is 3.05. The molecule has 0 spiro atoms. The summed E-state index contributed by atoms with van der Waals surface area (Å²) >= 11 is 1.67. The molecule has 18 heavy (non-hydrogen) atoms. The highest BCUT2D eigenvalue weighted by Crippen LogP contribution is 2.32. The summed E-state index contributed by atoms with van der Waals surface area (Å²) in [5.41, 5.74) is -0.261. The number of alkyl halides is 3. The van der Waals surface area contributed by atoms with Crippen LogP contribution in [0.2, 0.25) is 0 Å². The number of hydrogen-bond acceptors (Lipinski definition) is 4. The van der Waals surface area contributed by atoms with Crippen molar-refractivity contribution in [3.8, 4) is 11.6 Å². The Morgan fingerprint density at radius 3 is 2.61 bits per heavy atom. The van der Waals surface area contributed by atoms with Crippen LogP contribution in [0.25, 0.3) is 0 Å². The van der Waals surface area contributed by atoms with E-state index in [2.05, 4.69) is 9.72 Å². The summed E-state index contributed by atoms with van der Waals surface area (Å²) in [7, 11) is 1.22. The minimum absolute atomic E-state index is 0.0175. The van der Waals surface area contributed by atoms with Gasteiger partial charge in [0, 0.05) is 6.07 Å². The predicted molar refractivity (Wildman–Crippen MR) is 61.5 cm³/mol. The lowest BCUT2D eigenvalue weighted by molar-refractivity contribution is -0.276. The molecule has 5 nitrogen and oxygen atoms in total. The zero-order valence-electron chi connectivity index (χ0n) is 8.92. The fraction of sp³-hybridized carbons (Fsp3) is 0.333. The van der Waals surface area contributed by atoms with Crippen LogP contribution in [0, 0.1) is 3.70 Å². The topological polar surface area (TPSA) is 68.7 Å². The van der Waals surface area contributed by atoms with Gasteiger partial charge in [-0.2, -0.15) is 0 Å². The van der Waals surface area contributed by atoms with Crippen LogP contribution in [-0.4, -0.2) is 29.5 Å². The Morgan fingerprint density at radius 1 is 1.56 bits per heavy atom. The van der Waals surface area contributed by atoms with Gasteiger partial charge in [-0.1, -0.05) is 0 Å². The number of nitrogens with zero attached hydrogens (tertiary/aromatic N) is 1. The number of carboxylic acid groups (broad SMARTS) is 1. The monoisotopic (exact) mass is 377 g/mol. The summed E-state index contributed by atoms with van der Waals surface area (Å²) in [5.74, 6) is -2.15. The Balaban J connectivity index is 3.27. The van der Waals surface area contributed by atoms with Crippen molar-refractivity contribution in [2.24, 2.45) is 0 Å². The first kappa shape index (κ1) is 14.8. The van der Waals surface area contributed by atoms with Crippen molar-refractivity contribution in [1.82, 2.24) is 4.98 Å². The molecule has 0 fully saturated rings. The maximum absolute atomic E-state index is 12.2. The molecule has 0 aromatic carbocycles. The molecule has 0 unspecified atom stereocenters. The van der Waals surface area contributed by atoms with E-state index in [9.17, 15) is 18.0 Å². The first-order chi connectivity index (χ1) is 8.23. The van der Waals surface area contributed by atoms with Crippen LogP contribution in [0.4, 0.5) is 13.2 Å². The highest BCUT2D eigenvalue weighted by atomic mass is 127. The predicted octanol–water partition coefficient (Wildman–Crippen LogP) is 2.22. The van der Waals surface area contributed by atoms with E-state index in [-0.39, 0.29) is 15.0 Å². The van der Waals surface area contributed by atoms with E-state index in [0.717, 1.165) is 0 Å². The molecule has 1 aromatic rings. The third kappa shape index (κ3) is 4.20. The first-order valence-corrected chi connectivity index (χ1v) is 5.51. The molecule has 0 aliphatic carbocycles. The van der Waals surface area contributed by atoms with E-state index in [1.165, 1.54) is 13.2 Å². The fourth-order valence-corrected chi connectivity index (χ4v) is 1.69. The van der Waals surface area contributed by atoms with Crippen molar-refractivity contribution in [2.75, 3.05) is 7.11 Å². The van der Waals surface area contributed by atoms with Crippen molar-refractivity contribution in [1.29, 1.82) is 0 Å². The van der Waals surface area contributed by atoms with Crippen LogP contribution in [0.3, 0.4) is 0 Å². The lowest BCUT2D eigenvalue weighted by Crippen LogP contribution is -2.20. The van der Waals surface area contributed by atoms with Crippen molar-refractivity contribution in [2.45, 2.75) is 12.8 Å². The number of halogens is 4. The van der Waals surface area contributed by atoms with E-state index in [1.807, 2.05) is 0 Å². The van der Waals surface area contributed by atoms with E-state index in [1.54, 1.807) is 22.6 Å². The van der Waals surface area contributed by atoms with Gasteiger partial charge >= 0.3 is 12.3 Å². The van der Waals surface area contributed by atoms with Crippen LogP contribution in [0.5, 0.6) is 11.6 Å². The van der Waals surface area contributed by atoms with Crippen LogP contribution in [0.15, 0.2) is 6.07 Å². The second kappa shape index (κ2) is 5.59. The lowest BCUT2D eigenvalue weighted by Gasteiger charge is -2.14. The Bertz CT molecular complexity index is 464. The van der Waals surface area contributed by atoms with E-state index in [0.29, 0.717) is 0 Å². The van der Waals surface area contributed by atoms with Gasteiger partial charge in [0.05, 0.1) is 19.1 Å². The minimum atomic E-state index is -4.95. The standard InChI is InChI=1S/C9H7F3INO4/c1-17-5-3-6(13)14-8(18-9(10,11)12)4(5)2-7(15)16/h3H,2H2,1H3,(H,15,16). The van der Waals surface area contributed by atoms with E-state index in [4.69, 9.17) is 9.84 Å². The molecule has 0 atom stereocenters. The van der Waals surface area contributed by atoms with Gasteiger partial charge in [-0.25, -0.2) is 4.98 Å². The molecule has 9 heteroatoms. The van der Waals surface area contributed by atoms with Crippen LogP contribution < -0.4 is 9.47 Å². The number of methoxy groups -OCH3 is 1. The zero-order chi connectivity index (χ0) is 13.9. The summed E-state index contributed by atoms with van der Waals surface area (Å²) in [6, 6.07) is 1.32. The molecule has 0 radical (unpaired) electrons. The Hall–Kier alpha value is -1.26. The molecule has 0 aliphatic rings. The molecule has 100 valence electrons. The molecule has 0 amide bonds. The zero-order valence-corrected chi connectivity index (χ0v) is 11.1. The number of pyridine rings is 1. The molecule has 0 bridgehead atoms. The van der Waals surface area contributed by atoms with Gasteiger partial charge in [-0.05, 0) is 22.6 Å². The third-order valence-electron chi connectivity index (χ3n) is 1.77. The highest BCUT2D eigenvalue weighted by molar-refractivity contribution is 14.1. The average Bonchev–Trinajstić information content (AvgIpc) is 2.18. The number of carbonyl (C=O) groups is 1. The van der Waals surface area contributed by atoms with Gasteiger partial charge in [-0.3, -0.25) is 4.79 Å². The summed E-state index contributed by atoms with van der Waals surface area (Å²) in [6.45, 7) is 0. The van der Waals surface area contributed by atoms with Crippen molar-refractivity contribution in [3.05, 3.63) is 15.3 Å². The third-order valence-corrected chi connectivity index (χ3v) is 2.33. The molecule has 1 aromatic heterocycles. The lowest BCUT2D eigenvalue weighted by atomic mass is 10.2. The number of carboxylic acids is 1. The average molecular weight is 377 g/mol. The summed E-state index contributed by atoms with van der Waals surface area (Å²) in [4.78, 5) is 14.1. The summed E-state index contributed by atoms with van der Waals surface area (Å²) in [5, 5.41) is 8.66. The smallest absolute Gasteiger partial charge is 0.496 e. The highest BCUT2D eigenvalue weighted by Gasteiger charge is 2.34. The number of hydrogen-bond donors (Lipinski definition) is 1. The van der Waals surface area contributed by atoms with Gasteiger partial charge in [0.1, 0.15) is 9.45 Å². The molecular weight excluding hydrogens is 370 g/mol. The van der Waals surface area contributed by atoms with Crippen LogP contribution in [0.1, 0.15) is 5.56 Å². The Morgan fingerprint density at radius 2 is 2.17 bits per heavy atom. The number of ether oxygens (including phenoxy) is 2. The van der Waals surface area contributed by atoms with Gasteiger partial charge in [-0.15, -0.1) is 13.2 Å². The molecule has 0 saturated heterocycles.